The van der Waals surface area contributed by atoms with Crippen LogP contribution < -0.4 is 0 Å². The van der Waals surface area contributed by atoms with E-state index in [1.54, 1.807) is 12.2 Å². The smallest absolute Gasteiger partial charge is 0.303 e. The molecule has 0 bridgehead atoms. The number of ether oxygens (including phenoxy) is 1. The predicted octanol–water partition coefficient (Wildman–Crippen LogP) is 2.56. The van der Waals surface area contributed by atoms with Gasteiger partial charge in [0.25, 0.3) is 0 Å². The molecule has 0 aliphatic carbocycles. The van der Waals surface area contributed by atoms with Crippen molar-refractivity contribution in [2.45, 2.75) is 95.2 Å². The third kappa shape index (κ3) is 9.48. The maximum absolute atomic E-state index is 10.4. The van der Waals surface area contributed by atoms with Crippen molar-refractivity contribution in [2.24, 2.45) is 0 Å². The highest BCUT2D eigenvalue weighted by Crippen LogP contribution is 2.26. The number of aliphatic carboxylic acids is 1. The number of aliphatic hydroxyl groups excluding tert-OH is 3. The van der Waals surface area contributed by atoms with Crippen molar-refractivity contribution >= 4 is 5.97 Å². The summed E-state index contributed by atoms with van der Waals surface area (Å²) in [6, 6.07) is 0. The molecular formula is C20H34O6. The maximum Gasteiger partial charge on any atom is 0.303 e. The zero-order chi connectivity index (χ0) is 19.4. The Morgan fingerprint density at radius 1 is 1.23 bits per heavy atom. The Bertz CT molecular complexity index is 448. The minimum atomic E-state index is -0.801. The Labute approximate surface area is 156 Å². The van der Waals surface area contributed by atoms with E-state index in [1.165, 1.54) is 0 Å². The molecule has 1 aliphatic rings. The zero-order valence-corrected chi connectivity index (χ0v) is 15.7. The van der Waals surface area contributed by atoms with Gasteiger partial charge < -0.3 is 25.2 Å². The van der Waals surface area contributed by atoms with E-state index < -0.39 is 30.4 Å². The third-order valence-corrected chi connectivity index (χ3v) is 4.55. The van der Waals surface area contributed by atoms with E-state index in [4.69, 9.17) is 9.84 Å². The van der Waals surface area contributed by atoms with Gasteiger partial charge in [-0.15, -0.1) is 0 Å². The average molecular weight is 370 g/mol. The van der Waals surface area contributed by atoms with Crippen LogP contribution in [0.15, 0.2) is 24.3 Å². The van der Waals surface area contributed by atoms with Crippen LogP contribution in [0.1, 0.15) is 64.7 Å². The second-order valence-corrected chi connectivity index (χ2v) is 6.95. The Morgan fingerprint density at radius 2 is 2.00 bits per heavy atom. The maximum atomic E-state index is 10.4. The third-order valence-electron chi connectivity index (χ3n) is 4.55. The molecule has 26 heavy (non-hydrogen) atoms. The Kier molecular flexibility index (Phi) is 11.4. The van der Waals surface area contributed by atoms with E-state index in [9.17, 15) is 20.1 Å². The molecule has 0 unspecified atom stereocenters. The van der Waals surface area contributed by atoms with E-state index in [2.05, 4.69) is 6.92 Å². The molecule has 0 radical (unpaired) electrons. The first-order valence-corrected chi connectivity index (χ1v) is 9.68. The van der Waals surface area contributed by atoms with Crippen LogP contribution >= 0.6 is 0 Å². The predicted molar refractivity (Wildman–Crippen MR) is 99.8 cm³/mol. The summed E-state index contributed by atoms with van der Waals surface area (Å²) in [5.74, 6) is -0.801. The van der Waals surface area contributed by atoms with E-state index >= 15 is 0 Å². The summed E-state index contributed by atoms with van der Waals surface area (Å²) < 4.78 is 5.73. The van der Waals surface area contributed by atoms with Crippen LogP contribution in [0.3, 0.4) is 0 Å². The van der Waals surface area contributed by atoms with Gasteiger partial charge in [-0.2, -0.15) is 0 Å². The van der Waals surface area contributed by atoms with Crippen LogP contribution in [-0.2, 0) is 9.53 Å². The molecule has 0 aromatic heterocycles. The fourth-order valence-corrected chi connectivity index (χ4v) is 2.97. The van der Waals surface area contributed by atoms with Crippen LogP contribution in [0.25, 0.3) is 0 Å². The van der Waals surface area contributed by atoms with Crippen LogP contribution in [0.2, 0.25) is 0 Å². The van der Waals surface area contributed by atoms with Gasteiger partial charge in [0.1, 0.15) is 6.10 Å². The van der Waals surface area contributed by atoms with Crippen LogP contribution in [0, 0.1) is 0 Å². The SMILES string of the molecule is CCCCC[C@H](O)[C@@H]1C[C@H](O)[C@@H](/C=C/[C@H](O)C/C=C\CCCC(=O)O)O1. The highest BCUT2D eigenvalue weighted by atomic mass is 16.5. The number of rotatable bonds is 13. The topological polar surface area (TPSA) is 107 Å². The zero-order valence-electron chi connectivity index (χ0n) is 15.7. The number of hydrogen-bond donors (Lipinski definition) is 4. The van der Waals surface area contributed by atoms with Gasteiger partial charge >= 0.3 is 5.97 Å². The summed E-state index contributed by atoms with van der Waals surface area (Å²) in [5, 5.41) is 38.7. The summed E-state index contributed by atoms with van der Waals surface area (Å²) in [6.45, 7) is 2.11. The van der Waals surface area contributed by atoms with Crippen molar-refractivity contribution in [1.82, 2.24) is 0 Å². The second-order valence-electron chi connectivity index (χ2n) is 6.95. The van der Waals surface area contributed by atoms with Gasteiger partial charge in [0.05, 0.1) is 24.4 Å². The summed E-state index contributed by atoms with van der Waals surface area (Å²) in [5.41, 5.74) is 0. The molecule has 0 saturated carbocycles. The van der Waals surface area contributed by atoms with Crippen molar-refractivity contribution in [3.8, 4) is 0 Å². The lowest BCUT2D eigenvalue weighted by Gasteiger charge is -2.18. The fourth-order valence-electron chi connectivity index (χ4n) is 2.97. The highest BCUT2D eigenvalue weighted by molar-refractivity contribution is 5.66. The van der Waals surface area contributed by atoms with E-state index in [0.717, 1.165) is 19.3 Å². The number of allylic oxidation sites excluding steroid dienone is 1. The van der Waals surface area contributed by atoms with Crippen molar-refractivity contribution in [2.75, 3.05) is 0 Å². The minimum absolute atomic E-state index is 0.148. The lowest BCUT2D eigenvalue weighted by atomic mass is 10.0. The molecule has 0 amide bonds. The molecule has 1 saturated heterocycles. The summed E-state index contributed by atoms with van der Waals surface area (Å²) >= 11 is 0. The summed E-state index contributed by atoms with van der Waals surface area (Å²) in [7, 11) is 0. The number of aliphatic hydroxyl groups is 3. The van der Waals surface area contributed by atoms with Gasteiger partial charge in [-0.3, -0.25) is 4.79 Å². The van der Waals surface area contributed by atoms with E-state index in [0.29, 0.717) is 32.1 Å². The molecule has 1 rings (SSSR count). The van der Waals surface area contributed by atoms with Crippen molar-refractivity contribution in [1.29, 1.82) is 0 Å². The molecule has 0 spiro atoms. The van der Waals surface area contributed by atoms with Crippen molar-refractivity contribution < 1.29 is 30.0 Å². The number of carboxylic acid groups (broad SMARTS) is 1. The lowest BCUT2D eigenvalue weighted by Crippen LogP contribution is -2.26. The monoisotopic (exact) mass is 370 g/mol. The quantitative estimate of drug-likeness (QED) is 0.293. The summed E-state index contributed by atoms with van der Waals surface area (Å²) in [6.07, 6.45) is 10.2. The molecule has 4 N–H and O–H groups in total. The lowest BCUT2D eigenvalue weighted by molar-refractivity contribution is -0.137. The first-order valence-electron chi connectivity index (χ1n) is 9.68. The molecule has 0 aromatic rings. The molecule has 1 aliphatic heterocycles. The van der Waals surface area contributed by atoms with Crippen molar-refractivity contribution in [3.05, 3.63) is 24.3 Å². The largest absolute Gasteiger partial charge is 0.481 e. The average Bonchev–Trinajstić information content (AvgIpc) is 2.97. The van der Waals surface area contributed by atoms with Gasteiger partial charge in [-0.25, -0.2) is 0 Å². The molecule has 1 fully saturated rings. The van der Waals surface area contributed by atoms with Gasteiger partial charge in [0.2, 0.25) is 0 Å². The first kappa shape index (κ1) is 22.8. The van der Waals surface area contributed by atoms with Crippen LogP contribution in [-0.4, -0.2) is 56.9 Å². The standard InChI is InChI=1S/C20H34O6/c1-2-3-6-10-16(22)19-14-17(23)18(26-19)13-12-15(21)9-7-4-5-8-11-20(24)25/h4,7,12-13,15-19,21-23H,2-3,5-6,8-11,14H2,1H3,(H,24,25)/b7-4-,13-12+/t15-,16+,17+,18-,19+/m1/s1. The molecular weight excluding hydrogens is 336 g/mol. The second kappa shape index (κ2) is 13.0. The van der Waals surface area contributed by atoms with E-state index in [-0.39, 0.29) is 12.5 Å². The Morgan fingerprint density at radius 3 is 2.69 bits per heavy atom. The van der Waals surface area contributed by atoms with Crippen LogP contribution in [0.4, 0.5) is 0 Å². The molecule has 5 atom stereocenters. The fraction of sp³-hybridized carbons (Fsp3) is 0.750. The Hall–Kier alpha value is -1.21. The van der Waals surface area contributed by atoms with Crippen molar-refractivity contribution in [3.63, 3.8) is 0 Å². The number of carbonyl (C=O) groups is 1. The normalized spacial score (nSPS) is 25.9. The molecule has 6 heteroatoms. The Balaban J connectivity index is 2.29. The first-order chi connectivity index (χ1) is 12.4. The van der Waals surface area contributed by atoms with Gasteiger partial charge in [0.15, 0.2) is 0 Å². The molecule has 1 heterocycles. The van der Waals surface area contributed by atoms with Crippen LogP contribution in [0.5, 0.6) is 0 Å². The van der Waals surface area contributed by atoms with Gasteiger partial charge in [-0.05, 0) is 25.7 Å². The van der Waals surface area contributed by atoms with E-state index in [1.807, 2.05) is 12.2 Å². The number of carboxylic acids is 1. The molecule has 150 valence electrons. The summed E-state index contributed by atoms with van der Waals surface area (Å²) in [4.78, 5) is 10.4. The minimum Gasteiger partial charge on any atom is -0.481 e. The number of hydrogen-bond acceptors (Lipinski definition) is 5. The van der Waals surface area contributed by atoms with Gasteiger partial charge in [-0.1, -0.05) is 50.5 Å². The highest BCUT2D eigenvalue weighted by Gasteiger charge is 2.36. The number of unbranched alkanes of at least 4 members (excludes halogenated alkanes) is 3. The molecule has 0 aromatic carbocycles. The van der Waals surface area contributed by atoms with Gasteiger partial charge in [0, 0.05) is 12.8 Å². The molecule has 6 nitrogen and oxygen atoms in total.